The van der Waals surface area contributed by atoms with Crippen LogP contribution in [0.1, 0.15) is 37.7 Å². The lowest BCUT2D eigenvalue weighted by molar-refractivity contribution is -0.274. The Morgan fingerprint density at radius 1 is 0.562 bits per heavy atom. The van der Waals surface area contributed by atoms with Crippen molar-refractivity contribution < 1.29 is 74.0 Å². The first-order valence-corrected chi connectivity index (χ1v) is 18.3. The Kier molecular flexibility index (Phi) is 16.9. The minimum atomic E-state index is -4.84. The molecular formula is C41H34F9N7O7. The van der Waals surface area contributed by atoms with Crippen molar-refractivity contribution in [3.8, 4) is 29.1 Å². The molecule has 64 heavy (non-hydrogen) atoms. The third-order valence-corrected chi connectivity index (χ3v) is 8.39. The SMILES string of the molecule is N#Cc1ccc(NC(=O)Nc2cc(F)cc(F)c2O)cc1.O=C(Nc1cc(F)cc(F)c1O)NC1CCCCC1.O=C(Nc1ccc(OC(F)(F)F)cc1)Nc1cc(F)cc(F)c1O. The molecule has 6 amide bonds. The van der Waals surface area contributed by atoms with Crippen molar-refractivity contribution in [2.24, 2.45) is 0 Å². The first-order chi connectivity index (χ1) is 30.2. The fourth-order valence-corrected chi connectivity index (χ4v) is 5.51. The molecule has 0 unspecified atom stereocenters. The number of ether oxygens (including phenoxy) is 1. The summed E-state index contributed by atoms with van der Waals surface area (Å²) in [5, 5.41) is 50.5. The van der Waals surface area contributed by atoms with Gasteiger partial charge in [-0.25, -0.2) is 40.7 Å². The second kappa shape index (κ2) is 22.2. The van der Waals surface area contributed by atoms with E-state index in [-0.39, 0.29) is 17.4 Å². The van der Waals surface area contributed by atoms with Crippen LogP contribution in [0.15, 0.2) is 84.9 Å². The number of rotatable bonds is 7. The summed E-state index contributed by atoms with van der Waals surface area (Å²) < 4.78 is 118. The van der Waals surface area contributed by atoms with Crippen molar-refractivity contribution in [1.29, 1.82) is 5.26 Å². The van der Waals surface area contributed by atoms with Crippen LogP contribution in [-0.4, -0.2) is 45.8 Å². The number of nitrogens with one attached hydrogen (secondary N) is 6. The summed E-state index contributed by atoms with van der Waals surface area (Å²) in [5.41, 5.74) is -0.293. The Morgan fingerprint density at radius 2 is 0.938 bits per heavy atom. The van der Waals surface area contributed by atoms with Gasteiger partial charge in [0.05, 0.1) is 28.7 Å². The molecule has 0 bridgehead atoms. The molecule has 1 saturated carbocycles. The Labute approximate surface area is 356 Å². The third kappa shape index (κ3) is 15.5. The van der Waals surface area contributed by atoms with Gasteiger partial charge in [-0.15, -0.1) is 13.2 Å². The summed E-state index contributed by atoms with van der Waals surface area (Å²) >= 11 is 0. The zero-order valence-electron chi connectivity index (χ0n) is 32.5. The number of alkyl halides is 3. The summed E-state index contributed by atoms with van der Waals surface area (Å²) in [4.78, 5) is 35.0. The molecule has 0 heterocycles. The summed E-state index contributed by atoms with van der Waals surface area (Å²) in [7, 11) is 0. The van der Waals surface area contributed by atoms with Crippen LogP contribution < -0.4 is 36.6 Å². The van der Waals surface area contributed by atoms with Gasteiger partial charge in [0, 0.05) is 53.8 Å². The van der Waals surface area contributed by atoms with E-state index in [1.54, 1.807) is 0 Å². The van der Waals surface area contributed by atoms with Gasteiger partial charge in [0.1, 0.15) is 23.2 Å². The smallest absolute Gasteiger partial charge is 0.503 e. The van der Waals surface area contributed by atoms with Crippen molar-refractivity contribution in [3.05, 3.63) is 125 Å². The molecule has 5 aromatic rings. The molecule has 23 heteroatoms. The highest BCUT2D eigenvalue weighted by Crippen LogP contribution is 2.30. The molecule has 5 aromatic carbocycles. The van der Waals surface area contributed by atoms with Crippen molar-refractivity contribution in [2.45, 2.75) is 44.5 Å². The van der Waals surface area contributed by atoms with Crippen molar-refractivity contribution >= 4 is 46.5 Å². The van der Waals surface area contributed by atoms with E-state index in [0.29, 0.717) is 35.5 Å². The van der Waals surface area contributed by atoms with Crippen LogP contribution in [0, 0.1) is 46.2 Å². The number of benzene rings is 5. The van der Waals surface area contributed by atoms with E-state index in [0.717, 1.165) is 68.5 Å². The van der Waals surface area contributed by atoms with E-state index in [2.05, 4.69) is 31.3 Å². The number of phenolic OH excluding ortho intramolecular Hbond substituents is 3. The number of carbonyl (C=O) groups excluding carboxylic acids is 3. The van der Waals surface area contributed by atoms with Gasteiger partial charge in [-0.2, -0.15) is 5.26 Å². The number of hydrogen-bond donors (Lipinski definition) is 9. The predicted molar refractivity (Wildman–Crippen MR) is 213 cm³/mol. The monoisotopic (exact) mass is 907 g/mol. The topological polar surface area (TPSA) is 217 Å². The Bertz CT molecular complexity index is 2480. The lowest BCUT2D eigenvalue weighted by atomic mass is 9.96. The van der Waals surface area contributed by atoms with E-state index >= 15 is 0 Å². The maximum atomic E-state index is 13.1. The maximum absolute atomic E-state index is 13.1. The number of aromatic hydroxyl groups is 3. The number of amides is 6. The van der Waals surface area contributed by atoms with Gasteiger partial charge in [0.25, 0.3) is 0 Å². The maximum Gasteiger partial charge on any atom is 0.573 e. The second-order valence-corrected chi connectivity index (χ2v) is 13.2. The first kappa shape index (κ1) is 48.6. The molecule has 1 fully saturated rings. The molecule has 0 saturated heterocycles. The molecule has 0 atom stereocenters. The number of halogens is 9. The van der Waals surface area contributed by atoms with Crippen LogP contribution in [0.25, 0.3) is 0 Å². The van der Waals surface area contributed by atoms with Crippen LogP contribution in [0.4, 0.5) is 82.3 Å². The minimum Gasteiger partial charge on any atom is -0.503 e. The Morgan fingerprint density at radius 3 is 1.31 bits per heavy atom. The highest BCUT2D eigenvalue weighted by Gasteiger charge is 2.31. The number of phenols is 3. The fraction of sp³-hybridized carbons (Fsp3) is 0.171. The lowest BCUT2D eigenvalue weighted by Gasteiger charge is -2.23. The Hall–Kier alpha value is -8.03. The molecule has 338 valence electrons. The van der Waals surface area contributed by atoms with Gasteiger partial charge in [-0.05, 0) is 61.4 Å². The highest BCUT2D eigenvalue weighted by atomic mass is 19.4. The molecule has 1 aliphatic rings. The van der Waals surface area contributed by atoms with Crippen molar-refractivity contribution in [2.75, 3.05) is 26.6 Å². The van der Waals surface area contributed by atoms with Crippen molar-refractivity contribution in [1.82, 2.24) is 5.32 Å². The van der Waals surface area contributed by atoms with E-state index in [1.807, 2.05) is 11.4 Å². The number of carbonyl (C=O) groups is 3. The summed E-state index contributed by atoms with van der Waals surface area (Å²) in [6, 6.07) is 13.6. The minimum absolute atomic E-state index is 0.0781. The van der Waals surface area contributed by atoms with Gasteiger partial charge in [-0.1, -0.05) is 19.3 Å². The molecule has 1 aliphatic carbocycles. The third-order valence-electron chi connectivity index (χ3n) is 8.39. The summed E-state index contributed by atoms with van der Waals surface area (Å²) in [6.07, 6.45) is 0.240. The highest BCUT2D eigenvalue weighted by molar-refractivity contribution is 6.01. The van der Waals surface area contributed by atoms with E-state index < -0.39 is 93.7 Å². The molecule has 14 nitrogen and oxygen atoms in total. The number of nitrogens with zero attached hydrogens (tertiary/aromatic N) is 1. The van der Waals surface area contributed by atoms with Crippen LogP contribution >= 0.6 is 0 Å². The average molecular weight is 908 g/mol. The van der Waals surface area contributed by atoms with Crippen molar-refractivity contribution in [3.63, 3.8) is 0 Å². The summed E-state index contributed by atoms with van der Waals surface area (Å²) in [6.45, 7) is 0. The predicted octanol–water partition coefficient (Wildman–Crippen LogP) is 10.5. The number of nitriles is 1. The van der Waals surface area contributed by atoms with E-state index in [4.69, 9.17) is 5.26 Å². The van der Waals surface area contributed by atoms with Gasteiger partial charge in [0.2, 0.25) is 0 Å². The second-order valence-electron chi connectivity index (χ2n) is 13.2. The van der Waals surface area contributed by atoms with Crippen LogP contribution in [0.2, 0.25) is 0 Å². The largest absolute Gasteiger partial charge is 0.573 e. The van der Waals surface area contributed by atoms with Gasteiger partial charge in [-0.3, -0.25) is 0 Å². The van der Waals surface area contributed by atoms with Gasteiger partial charge >= 0.3 is 24.5 Å². The molecular weight excluding hydrogens is 873 g/mol. The zero-order chi connectivity index (χ0) is 47.1. The molecule has 9 N–H and O–H groups in total. The van der Waals surface area contributed by atoms with E-state index in [9.17, 15) is 69.2 Å². The molecule has 0 spiro atoms. The quantitative estimate of drug-likeness (QED) is 0.0564. The Balaban J connectivity index is 0.000000212. The molecule has 0 radical (unpaired) electrons. The first-order valence-electron chi connectivity index (χ1n) is 18.3. The average Bonchev–Trinajstić information content (AvgIpc) is 3.22. The lowest BCUT2D eigenvalue weighted by Crippen LogP contribution is -2.39. The van der Waals surface area contributed by atoms with Gasteiger partial charge in [0.15, 0.2) is 34.7 Å². The fourth-order valence-electron chi connectivity index (χ4n) is 5.51. The van der Waals surface area contributed by atoms with Crippen LogP contribution in [0.5, 0.6) is 23.0 Å². The van der Waals surface area contributed by atoms with Gasteiger partial charge < -0.3 is 52.0 Å². The summed E-state index contributed by atoms with van der Waals surface area (Å²) in [5.74, 6) is -9.42. The molecule has 6 rings (SSSR count). The van der Waals surface area contributed by atoms with Crippen LogP contribution in [0.3, 0.4) is 0 Å². The molecule has 0 aromatic heterocycles. The number of anilines is 5. The number of hydrogen-bond acceptors (Lipinski definition) is 8. The van der Waals surface area contributed by atoms with E-state index in [1.165, 1.54) is 24.3 Å². The zero-order valence-corrected chi connectivity index (χ0v) is 32.5. The van der Waals surface area contributed by atoms with Crippen LogP contribution in [-0.2, 0) is 0 Å². The molecule has 0 aliphatic heterocycles. The normalized spacial score (nSPS) is 12.1. The standard InChI is InChI=1S/C14H9F5N2O3.C14H9F2N3O2.C13H16F2N2O2/c15-7-5-10(16)12(22)11(6-7)21-13(23)20-8-1-3-9(4-2-8)24-14(17,18)19;15-9-5-11(16)13(20)12(6-9)19-14(21)18-10-3-1-8(7-17)2-4-10;14-8-6-10(15)12(18)11(7-8)17-13(19)16-9-4-2-1-3-5-9/h1-6,22H,(H2,20,21,23);1-6,20H,(H2,18,19,21);6-7,9,18H,1-5H2,(H2,16,17,19). The number of urea groups is 3.